The molecule has 1 aliphatic carbocycles. The van der Waals surface area contributed by atoms with Crippen LogP contribution in [0.5, 0.6) is 0 Å². The van der Waals surface area contributed by atoms with Gasteiger partial charge in [0.15, 0.2) is 6.10 Å². The van der Waals surface area contributed by atoms with Gasteiger partial charge in [-0.15, -0.1) is 11.6 Å². The smallest absolute Gasteiger partial charge is 0.340 e. The molecule has 2 rings (SSSR count). The number of hydrogen-bond donors (Lipinski definition) is 0. The molecule has 0 spiro atoms. The molecule has 0 N–H and O–H groups in total. The standard InChI is InChI=1S/C29H41ClO3/c1-21(2)24-17-14-22(3)11-10-20-29(5,30)26(19-16-23(4)15-18-24)33-28(31)27(32-6)25-12-8-7-9-13-25/h7-9,11-13,15,24,26-27H,1,10,14,16-20H2,2-6H3/b22-11+,23-15+/t24-,26+,27-,29+/m0/s1. The van der Waals surface area contributed by atoms with E-state index in [1.54, 1.807) is 0 Å². The summed E-state index contributed by atoms with van der Waals surface area (Å²) in [6.07, 6.45) is 9.72. The van der Waals surface area contributed by atoms with Gasteiger partial charge in [0.1, 0.15) is 6.10 Å². The van der Waals surface area contributed by atoms with E-state index in [1.165, 1.54) is 23.8 Å². The molecule has 4 heteroatoms. The molecule has 0 bridgehead atoms. The lowest BCUT2D eigenvalue weighted by Crippen LogP contribution is -2.39. The Kier molecular flexibility index (Phi) is 10.9. The second-order valence-electron chi connectivity index (χ2n) is 9.73. The van der Waals surface area contributed by atoms with Gasteiger partial charge in [-0.2, -0.15) is 0 Å². The fourth-order valence-electron chi connectivity index (χ4n) is 4.32. The Hall–Kier alpha value is -1.84. The molecule has 4 atom stereocenters. The second kappa shape index (κ2) is 13.2. The SMILES string of the molecule is C=C(C)[C@@H]1C/C=C(\C)CC[C@@H](OC(=O)[C@@H](OC)c2ccccc2)[C@](C)(Cl)CC/C=C(\C)CC1. The van der Waals surface area contributed by atoms with Crippen molar-refractivity contribution in [1.29, 1.82) is 0 Å². The molecule has 0 amide bonds. The van der Waals surface area contributed by atoms with Crippen LogP contribution in [0, 0.1) is 5.92 Å². The molecule has 0 heterocycles. The maximum atomic E-state index is 13.1. The minimum Gasteiger partial charge on any atom is -0.458 e. The maximum absolute atomic E-state index is 13.1. The van der Waals surface area contributed by atoms with E-state index in [4.69, 9.17) is 21.1 Å². The second-order valence-corrected chi connectivity index (χ2v) is 10.6. The fraction of sp³-hybridized carbons (Fsp3) is 0.552. The number of halogens is 1. The number of rotatable bonds is 5. The van der Waals surface area contributed by atoms with Crippen molar-refractivity contribution < 1.29 is 14.3 Å². The normalized spacial score (nSPS) is 29.5. The summed E-state index contributed by atoms with van der Waals surface area (Å²) < 4.78 is 11.5. The zero-order chi connectivity index (χ0) is 24.4. The molecule has 0 aromatic heterocycles. The minimum atomic E-state index is -0.762. The Morgan fingerprint density at radius 2 is 1.76 bits per heavy atom. The average molecular weight is 473 g/mol. The van der Waals surface area contributed by atoms with Crippen LogP contribution in [0.25, 0.3) is 0 Å². The van der Waals surface area contributed by atoms with Crippen LogP contribution in [0.1, 0.15) is 84.3 Å². The number of ether oxygens (including phenoxy) is 2. The fourth-order valence-corrected chi connectivity index (χ4v) is 4.58. The Balaban J connectivity index is 2.23. The molecular weight excluding hydrogens is 432 g/mol. The van der Waals surface area contributed by atoms with Gasteiger partial charge in [0, 0.05) is 7.11 Å². The Morgan fingerprint density at radius 1 is 1.12 bits per heavy atom. The van der Waals surface area contributed by atoms with E-state index in [1.807, 2.05) is 37.3 Å². The van der Waals surface area contributed by atoms with Crippen molar-refractivity contribution in [1.82, 2.24) is 0 Å². The van der Waals surface area contributed by atoms with E-state index in [0.29, 0.717) is 12.3 Å². The molecule has 0 saturated carbocycles. The Bertz CT molecular complexity index is 838. The zero-order valence-electron chi connectivity index (χ0n) is 21.0. The monoisotopic (exact) mass is 472 g/mol. The van der Waals surface area contributed by atoms with E-state index >= 15 is 0 Å². The summed E-state index contributed by atoms with van der Waals surface area (Å²) in [5.74, 6) is 0.101. The number of alkyl halides is 1. The summed E-state index contributed by atoms with van der Waals surface area (Å²) in [5.41, 5.74) is 4.70. The number of hydrogen-bond acceptors (Lipinski definition) is 3. The van der Waals surface area contributed by atoms with Crippen LogP contribution in [0.15, 0.2) is 65.8 Å². The van der Waals surface area contributed by atoms with Gasteiger partial charge in [0.2, 0.25) is 0 Å². The Morgan fingerprint density at radius 3 is 2.39 bits per heavy atom. The molecule has 1 aromatic rings. The van der Waals surface area contributed by atoms with Gasteiger partial charge in [-0.1, -0.05) is 65.8 Å². The molecule has 0 radical (unpaired) electrons. The summed E-state index contributed by atoms with van der Waals surface area (Å²) in [6.45, 7) is 12.7. The molecule has 33 heavy (non-hydrogen) atoms. The van der Waals surface area contributed by atoms with E-state index in [9.17, 15) is 4.79 Å². The predicted molar refractivity (Wildman–Crippen MR) is 138 cm³/mol. The largest absolute Gasteiger partial charge is 0.458 e. The van der Waals surface area contributed by atoms with E-state index in [0.717, 1.165) is 44.1 Å². The highest BCUT2D eigenvalue weighted by molar-refractivity contribution is 6.24. The van der Waals surface area contributed by atoms with Crippen LogP contribution in [0.2, 0.25) is 0 Å². The third-order valence-corrected chi connectivity index (χ3v) is 7.18. The van der Waals surface area contributed by atoms with Crippen LogP contribution < -0.4 is 0 Å². The van der Waals surface area contributed by atoms with Crippen LogP contribution >= 0.6 is 11.6 Å². The van der Waals surface area contributed by atoms with Crippen LogP contribution in [-0.2, 0) is 14.3 Å². The van der Waals surface area contributed by atoms with Crippen LogP contribution in [0.3, 0.4) is 0 Å². The zero-order valence-corrected chi connectivity index (χ0v) is 21.8. The lowest BCUT2D eigenvalue weighted by atomic mass is 9.88. The third-order valence-electron chi connectivity index (χ3n) is 6.74. The van der Waals surface area contributed by atoms with Gasteiger partial charge < -0.3 is 9.47 Å². The summed E-state index contributed by atoms with van der Waals surface area (Å²) in [5, 5.41) is 0. The Labute approximate surface area is 205 Å². The predicted octanol–water partition coefficient (Wildman–Crippen LogP) is 8.11. The van der Waals surface area contributed by atoms with Gasteiger partial charge in [0.25, 0.3) is 0 Å². The third kappa shape index (κ3) is 8.79. The summed E-state index contributed by atoms with van der Waals surface area (Å²) in [7, 11) is 1.53. The van der Waals surface area contributed by atoms with Crippen molar-refractivity contribution >= 4 is 17.6 Å². The van der Waals surface area contributed by atoms with Crippen molar-refractivity contribution in [2.75, 3.05) is 7.11 Å². The molecule has 0 unspecified atom stereocenters. The molecule has 0 aliphatic heterocycles. The summed E-state index contributed by atoms with van der Waals surface area (Å²) in [4.78, 5) is 12.5. The summed E-state index contributed by atoms with van der Waals surface area (Å²) >= 11 is 7.03. The number of allylic oxidation sites excluding steroid dienone is 5. The van der Waals surface area contributed by atoms with Gasteiger partial charge >= 0.3 is 5.97 Å². The average Bonchev–Trinajstić information content (AvgIpc) is 2.76. The quantitative estimate of drug-likeness (QED) is 0.246. The number of esters is 1. The molecule has 1 aliphatic rings. The maximum Gasteiger partial charge on any atom is 0.340 e. The minimum absolute atomic E-state index is 0.391. The first-order chi connectivity index (χ1) is 15.6. The first kappa shape index (κ1) is 27.4. The van der Waals surface area contributed by atoms with Gasteiger partial charge in [0.05, 0.1) is 4.87 Å². The number of carbonyl (C=O) groups excluding carboxylic acids is 1. The molecular formula is C29H41ClO3. The highest BCUT2D eigenvalue weighted by Crippen LogP contribution is 2.34. The molecule has 182 valence electrons. The first-order valence-corrected chi connectivity index (χ1v) is 12.5. The van der Waals surface area contributed by atoms with Gasteiger partial charge in [-0.05, 0) is 84.1 Å². The molecule has 1 aromatic carbocycles. The van der Waals surface area contributed by atoms with Crippen molar-refractivity contribution in [2.24, 2.45) is 5.92 Å². The van der Waals surface area contributed by atoms with Crippen molar-refractivity contribution in [3.8, 4) is 0 Å². The van der Waals surface area contributed by atoms with E-state index < -0.39 is 23.1 Å². The molecule has 0 saturated heterocycles. The first-order valence-electron chi connectivity index (χ1n) is 12.1. The van der Waals surface area contributed by atoms with Gasteiger partial charge in [-0.25, -0.2) is 4.79 Å². The van der Waals surface area contributed by atoms with E-state index in [2.05, 4.69) is 39.5 Å². The lowest BCUT2D eigenvalue weighted by molar-refractivity contribution is -0.163. The molecule has 0 fully saturated rings. The number of methoxy groups -OCH3 is 1. The van der Waals surface area contributed by atoms with Crippen molar-refractivity contribution in [2.45, 2.75) is 89.7 Å². The lowest BCUT2D eigenvalue weighted by Gasteiger charge is -2.33. The van der Waals surface area contributed by atoms with Crippen LogP contribution in [-0.4, -0.2) is 24.1 Å². The topological polar surface area (TPSA) is 35.5 Å². The number of carbonyl (C=O) groups is 1. The van der Waals surface area contributed by atoms with Gasteiger partial charge in [-0.3, -0.25) is 0 Å². The van der Waals surface area contributed by atoms with E-state index in [-0.39, 0.29) is 0 Å². The number of benzene rings is 1. The highest BCUT2D eigenvalue weighted by Gasteiger charge is 2.36. The van der Waals surface area contributed by atoms with Crippen LogP contribution in [0.4, 0.5) is 0 Å². The van der Waals surface area contributed by atoms with Crippen molar-refractivity contribution in [3.05, 3.63) is 71.3 Å². The van der Waals surface area contributed by atoms with Crippen molar-refractivity contribution in [3.63, 3.8) is 0 Å². The highest BCUT2D eigenvalue weighted by atomic mass is 35.5. The molecule has 3 nitrogen and oxygen atoms in total. The summed E-state index contributed by atoms with van der Waals surface area (Å²) in [6, 6.07) is 9.45.